The Bertz CT molecular complexity index is 615. The Hall–Kier alpha value is -2.62. The lowest BCUT2D eigenvalue weighted by Crippen LogP contribution is -1.95. The van der Waals surface area contributed by atoms with Crippen molar-refractivity contribution < 1.29 is 18.7 Å². The average Bonchev–Trinajstić information content (AvgIpc) is 2.53. The van der Waals surface area contributed by atoms with Gasteiger partial charge in [0, 0.05) is 6.08 Å². The summed E-state index contributed by atoms with van der Waals surface area (Å²) in [5, 5.41) is 0. The molecule has 0 amide bonds. The molecule has 0 aliphatic rings. The van der Waals surface area contributed by atoms with Gasteiger partial charge in [-0.15, -0.1) is 0 Å². The van der Waals surface area contributed by atoms with Gasteiger partial charge in [0.25, 0.3) is 0 Å². The smallest absolute Gasteiger partial charge is 0.330 e. The molecule has 4 heteroatoms. The Morgan fingerprint density at radius 1 is 1.10 bits per heavy atom. The fourth-order valence-corrected chi connectivity index (χ4v) is 1.65. The van der Waals surface area contributed by atoms with Gasteiger partial charge in [0.05, 0.1) is 7.11 Å². The van der Waals surface area contributed by atoms with E-state index in [-0.39, 0.29) is 5.82 Å². The van der Waals surface area contributed by atoms with Crippen LogP contribution in [0.4, 0.5) is 4.39 Å². The number of ether oxygens (including phenoxy) is 2. The van der Waals surface area contributed by atoms with Crippen LogP contribution in [0.25, 0.3) is 6.08 Å². The van der Waals surface area contributed by atoms with Crippen molar-refractivity contribution in [3.05, 3.63) is 71.6 Å². The van der Waals surface area contributed by atoms with Crippen LogP contribution < -0.4 is 4.74 Å². The monoisotopic (exact) mass is 286 g/mol. The predicted octanol–water partition coefficient (Wildman–Crippen LogP) is 3.59. The van der Waals surface area contributed by atoms with E-state index in [1.807, 2.05) is 12.1 Å². The molecule has 2 rings (SSSR count). The number of carbonyl (C=O) groups is 1. The van der Waals surface area contributed by atoms with Crippen molar-refractivity contribution in [2.75, 3.05) is 7.11 Å². The zero-order chi connectivity index (χ0) is 15.1. The molecule has 3 nitrogen and oxygen atoms in total. The predicted molar refractivity (Wildman–Crippen MR) is 78.2 cm³/mol. The second kappa shape index (κ2) is 7.24. The summed E-state index contributed by atoms with van der Waals surface area (Å²) in [6.45, 7) is 0.373. The van der Waals surface area contributed by atoms with Crippen LogP contribution in [0, 0.1) is 5.82 Å². The maximum Gasteiger partial charge on any atom is 0.330 e. The SMILES string of the molecule is COC(=O)/C=C/c1ccc(OCc2ccc(F)cc2)cc1. The number of methoxy groups -OCH3 is 1. The highest BCUT2D eigenvalue weighted by atomic mass is 19.1. The average molecular weight is 286 g/mol. The first-order chi connectivity index (χ1) is 10.2. The number of hydrogen-bond donors (Lipinski definition) is 0. The number of benzene rings is 2. The molecule has 0 fully saturated rings. The van der Waals surface area contributed by atoms with Gasteiger partial charge in [0.15, 0.2) is 0 Å². The molecular weight excluding hydrogens is 271 g/mol. The van der Waals surface area contributed by atoms with Crippen LogP contribution in [-0.4, -0.2) is 13.1 Å². The molecule has 0 unspecified atom stereocenters. The summed E-state index contributed by atoms with van der Waals surface area (Å²) in [5.74, 6) is 0.0432. The van der Waals surface area contributed by atoms with E-state index in [4.69, 9.17) is 4.74 Å². The lowest BCUT2D eigenvalue weighted by molar-refractivity contribution is -0.134. The lowest BCUT2D eigenvalue weighted by Gasteiger charge is -2.06. The summed E-state index contributed by atoms with van der Waals surface area (Å²) in [4.78, 5) is 11.0. The fraction of sp³-hybridized carbons (Fsp3) is 0.118. The topological polar surface area (TPSA) is 35.5 Å². The first-order valence-electron chi connectivity index (χ1n) is 6.41. The summed E-state index contributed by atoms with van der Waals surface area (Å²) >= 11 is 0. The van der Waals surface area contributed by atoms with Crippen molar-refractivity contribution in [2.24, 2.45) is 0 Å². The van der Waals surface area contributed by atoms with E-state index < -0.39 is 5.97 Å². The zero-order valence-corrected chi connectivity index (χ0v) is 11.6. The van der Waals surface area contributed by atoms with Gasteiger partial charge in [0.1, 0.15) is 18.2 Å². The molecule has 21 heavy (non-hydrogen) atoms. The second-order valence-corrected chi connectivity index (χ2v) is 4.34. The number of hydrogen-bond acceptors (Lipinski definition) is 3. The maximum absolute atomic E-state index is 12.8. The van der Waals surface area contributed by atoms with E-state index in [2.05, 4.69) is 4.74 Å². The minimum atomic E-state index is -0.397. The summed E-state index contributed by atoms with van der Waals surface area (Å²) in [6.07, 6.45) is 3.02. The molecule has 0 atom stereocenters. The van der Waals surface area contributed by atoms with Gasteiger partial charge in [-0.05, 0) is 41.5 Å². The second-order valence-electron chi connectivity index (χ2n) is 4.34. The zero-order valence-electron chi connectivity index (χ0n) is 11.6. The highest BCUT2D eigenvalue weighted by Gasteiger charge is 1.97. The van der Waals surface area contributed by atoms with E-state index in [0.717, 1.165) is 11.1 Å². The molecule has 0 aliphatic heterocycles. The standard InChI is InChI=1S/C17H15FO3/c1-20-17(19)11-6-13-4-9-16(10-5-13)21-12-14-2-7-15(18)8-3-14/h2-11H,12H2,1H3/b11-6+. The Morgan fingerprint density at radius 3 is 2.38 bits per heavy atom. The van der Waals surface area contributed by atoms with Crippen LogP contribution in [0.15, 0.2) is 54.6 Å². The molecule has 0 N–H and O–H groups in total. The van der Waals surface area contributed by atoms with Gasteiger partial charge < -0.3 is 9.47 Å². The van der Waals surface area contributed by atoms with Crippen molar-refractivity contribution in [2.45, 2.75) is 6.61 Å². The fourth-order valence-electron chi connectivity index (χ4n) is 1.65. The number of rotatable bonds is 5. The van der Waals surface area contributed by atoms with E-state index in [0.29, 0.717) is 12.4 Å². The van der Waals surface area contributed by atoms with Crippen molar-refractivity contribution in [1.82, 2.24) is 0 Å². The first kappa shape index (κ1) is 14.8. The summed E-state index contributed by atoms with van der Waals surface area (Å²) in [6, 6.07) is 13.4. The molecule has 0 saturated heterocycles. The lowest BCUT2D eigenvalue weighted by atomic mass is 10.2. The molecular formula is C17H15FO3. The van der Waals surface area contributed by atoms with E-state index in [1.54, 1.807) is 30.3 Å². The Balaban J connectivity index is 1.91. The van der Waals surface area contributed by atoms with Gasteiger partial charge >= 0.3 is 5.97 Å². The minimum absolute atomic E-state index is 0.263. The molecule has 0 spiro atoms. The molecule has 0 aromatic heterocycles. The third kappa shape index (κ3) is 4.76. The van der Waals surface area contributed by atoms with Crippen molar-refractivity contribution >= 4 is 12.0 Å². The van der Waals surface area contributed by atoms with Crippen molar-refractivity contribution in [3.63, 3.8) is 0 Å². The summed E-state index contributed by atoms with van der Waals surface area (Å²) in [5.41, 5.74) is 1.76. The van der Waals surface area contributed by atoms with Crippen LogP contribution >= 0.6 is 0 Å². The summed E-state index contributed by atoms with van der Waals surface area (Å²) < 4.78 is 22.9. The quantitative estimate of drug-likeness (QED) is 0.622. The minimum Gasteiger partial charge on any atom is -0.489 e. The molecule has 0 aliphatic carbocycles. The molecule has 0 heterocycles. The van der Waals surface area contributed by atoms with Crippen LogP contribution in [-0.2, 0) is 16.1 Å². The van der Waals surface area contributed by atoms with Crippen molar-refractivity contribution in [3.8, 4) is 5.75 Å². The van der Waals surface area contributed by atoms with Crippen LogP contribution in [0.2, 0.25) is 0 Å². The molecule has 0 bridgehead atoms. The van der Waals surface area contributed by atoms with Gasteiger partial charge in [-0.2, -0.15) is 0 Å². The van der Waals surface area contributed by atoms with Gasteiger partial charge in [0.2, 0.25) is 0 Å². The highest BCUT2D eigenvalue weighted by molar-refractivity contribution is 5.86. The van der Waals surface area contributed by atoms with Gasteiger partial charge in [-0.25, -0.2) is 9.18 Å². The van der Waals surface area contributed by atoms with Gasteiger partial charge in [-0.1, -0.05) is 24.3 Å². The third-order valence-corrected chi connectivity index (χ3v) is 2.81. The Labute approximate surface area is 122 Å². The highest BCUT2D eigenvalue weighted by Crippen LogP contribution is 2.15. The molecule has 2 aromatic carbocycles. The Kier molecular flexibility index (Phi) is 5.10. The Morgan fingerprint density at radius 2 is 1.76 bits per heavy atom. The van der Waals surface area contributed by atoms with Crippen LogP contribution in [0.1, 0.15) is 11.1 Å². The van der Waals surface area contributed by atoms with Crippen LogP contribution in [0.3, 0.4) is 0 Å². The first-order valence-corrected chi connectivity index (χ1v) is 6.41. The molecule has 2 aromatic rings. The third-order valence-electron chi connectivity index (χ3n) is 2.81. The molecule has 0 saturated carbocycles. The number of esters is 1. The molecule has 108 valence electrons. The normalized spacial score (nSPS) is 10.6. The van der Waals surface area contributed by atoms with E-state index >= 15 is 0 Å². The maximum atomic E-state index is 12.8. The number of halogens is 1. The van der Waals surface area contributed by atoms with E-state index in [9.17, 15) is 9.18 Å². The summed E-state index contributed by atoms with van der Waals surface area (Å²) in [7, 11) is 1.33. The number of carbonyl (C=O) groups excluding carboxylic acids is 1. The molecule has 0 radical (unpaired) electrons. The largest absolute Gasteiger partial charge is 0.489 e. The van der Waals surface area contributed by atoms with Gasteiger partial charge in [-0.3, -0.25) is 0 Å². The van der Waals surface area contributed by atoms with E-state index in [1.165, 1.54) is 25.3 Å². The van der Waals surface area contributed by atoms with Crippen molar-refractivity contribution in [1.29, 1.82) is 0 Å². The van der Waals surface area contributed by atoms with Crippen LogP contribution in [0.5, 0.6) is 5.75 Å².